The SMILES string of the molecule is Cc1cccn2cc(-c3ccc(NC(=O)c4ncc(S(C)(=O)=O)cc4Cc4cnc[nH]4)cc3)nc12. The largest absolute Gasteiger partial charge is 0.348 e. The number of benzene rings is 1. The maximum absolute atomic E-state index is 13.1. The zero-order valence-corrected chi connectivity index (χ0v) is 19.9. The number of sulfone groups is 1. The van der Waals surface area contributed by atoms with Gasteiger partial charge in [-0.2, -0.15) is 0 Å². The van der Waals surface area contributed by atoms with Gasteiger partial charge in [0.15, 0.2) is 9.84 Å². The first-order valence-corrected chi connectivity index (χ1v) is 12.7. The maximum Gasteiger partial charge on any atom is 0.274 e. The molecular formula is C25H22N6O3S. The fourth-order valence-corrected chi connectivity index (χ4v) is 4.42. The second kappa shape index (κ2) is 8.80. The van der Waals surface area contributed by atoms with Crippen molar-refractivity contribution >= 4 is 27.1 Å². The van der Waals surface area contributed by atoms with Crippen molar-refractivity contribution in [2.45, 2.75) is 18.2 Å². The number of H-pyrrole nitrogens is 1. The summed E-state index contributed by atoms with van der Waals surface area (Å²) in [5.41, 5.74) is 5.67. The standard InChI is InChI=1S/C25H22N6O3S/c1-16-4-3-9-31-14-22(30-24(16)31)17-5-7-19(8-6-17)29-25(32)23-18(10-20-12-26-15-28-20)11-21(13-27-23)35(2,33)34/h3-9,11-15H,10H2,1-2H3,(H,26,28)(H,29,32). The Bertz CT molecular complexity index is 1640. The van der Waals surface area contributed by atoms with Gasteiger partial charge in [-0.05, 0) is 42.3 Å². The number of nitrogens with one attached hydrogen (secondary N) is 2. The minimum absolute atomic E-state index is 0.0515. The molecule has 0 saturated carbocycles. The van der Waals surface area contributed by atoms with Crippen LogP contribution in [0.3, 0.4) is 0 Å². The Morgan fingerprint density at radius 2 is 1.94 bits per heavy atom. The molecule has 35 heavy (non-hydrogen) atoms. The van der Waals surface area contributed by atoms with Crippen molar-refractivity contribution in [2.75, 3.05) is 11.6 Å². The van der Waals surface area contributed by atoms with Gasteiger partial charge in [-0.1, -0.05) is 18.2 Å². The molecule has 0 spiro atoms. The van der Waals surface area contributed by atoms with Gasteiger partial charge in [-0.15, -0.1) is 0 Å². The molecule has 0 saturated heterocycles. The van der Waals surface area contributed by atoms with Crippen molar-refractivity contribution < 1.29 is 13.2 Å². The van der Waals surface area contributed by atoms with E-state index in [0.29, 0.717) is 11.3 Å². The molecule has 4 heterocycles. The fourth-order valence-electron chi connectivity index (χ4n) is 3.82. The fraction of sp³-hybridized carbons (Fsp3) is 0.120. The number of hydrogen-bond acceptors (Lipinski definition) is 6. The van der Waals surface area contributed by atoms with Crippen molar-refractivity contribution in [3.63, 3.8) is 0 Å². The first-order valence-electron chi connectivity index (χ1n) is 10.8. The van der Waals surface area contributed by atoms with Crippen LogP contribution in [0.15, 0.2) is 78.5 Å². The first-order chi connectivity index (χ1) is 16.8. The molecule has 0 aliphatic rings. The van der Waals surface area contributed by atoms with Crippen LogP contribution in [0.4, 0.5) is 5.69 Å². The minimum atomic E-state index is -3.48. The van der Waals surface area contributed by atoms with E-state index in [4.69, 9.17) is 4.98 Å². The molecule has 5 aromatic rings. The highest BCUT2D eigenvalue weighted by Gasteiger charge is 2.18. The van der Waals surface area contributed by atoms with Crippen LogP contribution < -0.4 is 5.32 Å². The van der Waals surface area contributed by atoms with Crippen molar-refractivity contribution in [1.82, 2.24) is 24.3 Å². The lowest BCUT2D eigenvalue weighted by Gasteiger charge is -2.11. The van der Waals surface area contributed by atoms with E-state index in [9.17, 15) is 13.2 Å². The van der Waals surface area contributed by atoms with Crippen LogP contribution in [0.5, 0.6) is 0 Å². The van der Waals surface area contributed by atoms with E-state index in [-0.39, 0.29) is 17.0 Å². The van der Waals surface area contributed by atoms with Gasteiger partial charge in [-0.3, -0.25) is 4.79 Å². The Labute approximate surface area is 201 Å². The smallest absolute Gasteiger partial charge is 0.274 e. The number of amides is 1. The molecular weight excluding hydrogens is 464 g/mol. The minimum Gasteiger partial charge on any atom is -0.348 e. The van der Waals surface area contributed by atoms with Crippen molar-refractivity contribution in [3.05, 3.63) is 96.1 Å². The van der Waals surface area contributed by atoms with Crippen LogP contribution in [0, 0.1) is 6.92 Å². The molecule has 10 heteroatoms. The lowest BCUT2D eigenvalue weighted by atomic mass is 10.1. The van der Waals surface area contributed by atoms with Crippen LogP contribution in [0.25, 0.3) is 16.9 Å². The molecule has 5 rings (SSSR count). The Morgan fingerprint density at radius 3 is 2.63 bits per heavy atom. The summed E-state index contributed by atoms with van der Waals surface area (Å²) in [6.07, 6.45) is 9.65. The summed E-state index contributed by atoms with van der Waals surface area (Å²) in [4.78, 5) is 29.0. The summed E-state index contributed by atoms with van der Waals surface area (Å²) in [6.45, 7) is 2.02. The number of nitrogens with zero attached hydrogens (tertiary/aromatic N) is 4. The van der Waals surface area contributed by atoms with E-state index in [1.807, 2.05) is 48.0 Å². The van der Waals surface area contributed by atoms with E-state index in [2.05, 4.69) is 20.3 Å². The van der Waals surface area contributed by atoms with Gasteiger partial charge in [0.05, 0.1) is 16.9 Å². The van der Waals surface area contributed by atoms with Crippen LogP contribution in [0.2, 0.25) is 0 Å². The molecule has 0 unspecified atom stereocenters. The lowest BCUT2D eigenvalue weighted by molar-refractivity contribution is 0.102. The summed E-state index contributed by atoms with van der Waals surface area (Å²) in [6, 6.07) is 12.8. The number of pyridine rings is 2. The maximum atomic E-state index is 13.1. The van der Waals surface area contributed by atoms with Crippen LogP contribution in [-0.4, -0.2) is 44.9 Å². The highest BCUT2D eigenvalue weighted by Crippen LogP contribution is 2.23. The first kappa shape index (κ1) is 22.5. The third-order valence-electron chi connectivity index (χ3n) is 5.64. The van der Waals surface area contributed by atoms with Crippen molar-refractivity contribution in [1.29, 1.82) is 0 Å². The number of hydrogen-bond donors (Lipinski definition) is 2. The summed E-state index contributed by atoms with van der Waals surface area (Å²) in [5, 5.41) is 2.85. The van der Waals surface area contributed by atoms with Crippen LogP contribution >= 0.6 is 0 Å². The lowest BCUT2D eigenvalue weighted by Crippen LogP contribution is -2.17. The molecule has 176 valence electrons. The number of anilines is 1. The second-order valence-electron chi connectivity index (χ2n) is 8.28. The molecule has 0 fully saturated rings. The van der Waals surface area contributed by atoms with E-state index < -0.39 is 15.7 Å². The number of imidazole rings is 2. The third kappa shape index (κ3) is 4.69. The zero-order chi connectivity index (χ0) is 24.6. The predicted octanol–water partition coefficient (Wildman–Crippen LogP) is 3.67. The number of aromatic amines is 1. The average molecular weight is 487 g/mol. The molecule has 2 N–H and O–H groups in total. The Hall–Kier alpha value is -4.31. The molecule has 0 radical (unpaired) electrons. The highest BCUT2D eigenvalue weighted by molar-refractivity contribution is 7.90. The summed E-state index contributed by atoms with van der Waals surface area (Å²) in [7, 11) is -3.48. The number of carbonyl (C=O) groups is 1. The van der Waals surface area contributed by atoms with E-state index in [1.54, 1.807) is 18.3 Å². The van der Waals surface area contributed by atoms with Crippen LogP contribution in [0.1, 0.15) is 27.3 Å². The monoisotopic (exact) mass is 486 g/mol. The van der Waals surface area contributed by atoms with E-state index in [1.165, 1.54) is 18.6 Å². The normalized spacial score (nSPS) is 11.6. The summed E-state index contributed by atoms with van der Waals surface area (Å²) < 4.78 is 26.0. The van der Waals surface area contributed by atoms with Gasteiger partial charge in [0, 0.05) is 54.4 Å². The van der Waals surface area contributed by atoms with Crippen molar-refractivity contribution in [3.8, 4) is 11.3 Å². The third-order valence-corrected chi connectivity index (χ3v) is 6.72. The molecule has 9 nitrogen and oxygen atoms in total. The quantitative estimate of drug-likeness (QED) is 0.378. The number of carbonyl (C=O) groups excluding carboxylic acids is 1. The summed E-state index contributed by atoms with van der Waals surface area (Å²) in [5.74, 6) is -0.435. The molecule has 1 amide bonds. The molecule has 0 bridgehead atoms. The Balaban J connectivity index is 1.40. The van der Waals surface area contributed by atoms with Gasteiger partial charge in [0.2, 0.25) is 0 Å². The van der Waals surface area contributed by atoms with Gasteiger partial charge in [0.1, 0.15) is 11.3 Å². The van der Waals surface area contributed by atoms with Crippen molar-refractivity contribution in [2.24, 2.45) is 0 Å². The molecule has 1 aromatic carbocycles. The Morgan fingerprint density at radius 1 is 1.14 bits per heavy atom. The van der Waals surface area contributed by atoms with Gasteiger partial charge < -0.3 is 14.7 Å². The zero-order valence-electron chi connectivity index (χ0n) is 19.1. The number of aryl methyl sites for hydroxylation is 1. The topological polar surface area (TPSA) is 122 Å². The molecule has 0 aliphatic heterocycles. The van der Waals surface area contributed by atoms with E-state index >= 15 is 0 Å². The van der Waals surface area contributed by atoms with Gasteiger partial charge in [-0.25, -0.2) is 23.4 Å². The highest BCUT2D eigenvalue weighted by atomic mass is 32.2. The molecule has 0 aliphatic carbocycles. The van der Waals surface area contributed by atoms with Gasteiger partial charge >= 0.3 is 0 Å². The number of fused-ring (bicyclic) bond motifs is 1. The number of rotatable bonds is 6. The number of aromatic nitrogens is 5. The second-order valence-corrected chi connectivity index (χ2v) is 10.3. The van der Waals surface area contributed by atoms with E-state index in [0.717, 1.165) is 34.4 Å². The van der Waals surface area contributed by atoms with Gasteiger partial charge in [0.25, 0.3) is 5.91 Å². The predicted molar refractivity (Wildman–Crippen MR) is 132 cm³/mol. The summed E-state index contributed by atoms with van der Waals surface area (Å²) >= 11 is 0. The molecule has 4 aromatic heterocycles. The Kier molecular flexibility index (Phi) is 5.65. The average Bonchev–Trinajstić information content (AvgIpc) is 3.49. The van der Waals surface area contributed by atoms with Crippen LogP contribution in [-0.2, 0) is 16.3 Å². The molecule has 0 atom stereocenters.